The van der Waals surface area contributed by atoms with Crippen molar-refractivity contribution in [2.75, 3.05) is 0 Å². The fourth-order valence-corrected chi connectivity index (χ4v) is 0.483. The van der Waals surface area contributed by atoms with E-state index in [0.29, 0.717) is 0 Å². The lowest BCUT2D eigenvalue weighted by Crippen LogP contribution is -1.74. The predicted octanol–water partition coefficient (Wildman–Crippen LogP) is 2.92. The molecule has 0 aromatic heterocycles. The fraction of sp³-hybridized carbons (Fsp3) is 0.500. The van der Waals surface area contributed by atoms with E-state index in [4.69, 9.17) is 0 Å². The summed E-state index contributed by atoms with van der Waals surface area (Å²) in [5.41, 5.74) is 1.32. The zero-order valence-corrected chi connectivity index (χ0v) is 5.61. The highest BCUT2D eigenvalue weighted by Gasteiger charge is 1.84. The van der Waals surface area contributed by atoms with E-state index in [-0.39, 0.29) is 0 Å². The zero-order valence-electron chi connectivity index (χ0n) is 5.61. The van der Waals surface area contributed by atoms with Crippen LogP contribution in [-0.4, -0.2) is 0 Å². The molecule has 0 saturated heterocycles. The molecule has 0 fully saturated rings. The zero-order chi connectivity index (χ0) is 6.41. The van der Waals surface area contributed by atoms with Crippen molar-refractivity contribution in [3.05, 3.63) is 24.8 Å². The maximum absolute atomic E-state index is 3.86. The maximum Gasteiger partial charge on any atom is -0.0288 e. The van der Waals surface area contributed by atoms with Gasteiger partial charge in [-0.25, -0.2) is 0 Å². The minimum Gasteiger partial charge on any atom is -0.103 e. The van der Waals surface area contributed by atoms with Crippen molar-refractivity contribution in [3.8, 4) is 0 Å². The first-order valence-corrected chi connectivity index (χ1v) is 3.08. The summed E-state index contributed by atoms with van der Waals surface area (Å²) in [4.78, 5) is 0. The molecule has 0 heterocycles. The molecule has 46 valence electrons. The largest absolute Gasteiger partial charge is 0.103 e. The average molecular weight is 110 g/mol. The molecule has 0 aromatic rings. The number of rotatable bonds is 4. The third-order valence-electron chi connectivity index (χ3n) is 1.20. The molecule has 0 unspecified atom stereocenters. The molecule has 0 atom stereocenters. The molecular weight excluding hydrogens is 96.1 g/mol. The van der Waals surface area contributed by atoms with Gasteiger partial charge in [-0.3, -0.25) is 0 Å². The first kappa shape index (κ1) is 7.48. The molecule has 0 nitrogen and oxygen atoms in total. The van der Waals surface area contributed by atoms with E-state index in [9.17, 15) is 0 Å². The lowest BCUT2D eigenvalue weighted by molar-refractivity contribution is 0.916. The summed E-state index contributed by atoms with van der Waals surface area (Å²) < 4.78 is 0. The highest BCUT2D eigenvalue weighted by atomic mass is 13.9. The van der Waals surface area contributed by atoms with Gasteiger partial charge in [0.2, 0.25) is 0 Å². The molecule has 0 saturated carbocycles. The van der Waals surface area contributed by atoms with Crippen molar-refractivity contribution >= 4 is 0 Å². The van der Waals surface area contributed by atoms with Gasteiger partial charge in [0.05, 0.1) is 0 Å². The molecule has 0 heteroatoms. The monoisotopic (exact) mass is 110 g/mol. The summed E-state index contributed by atoms with van der Waals surface area (Å²) in [6.45, 7) is 9.62. The second kappa shape index (κ2) is 4.63. The molecular formula is C8H14. The van der Waals surface area contributed by atoms with Crippen molar-refractivity contribution in [1.82, 2.24) is 0 Å². The molecule has 0 aliphatic heterocycles. The normalized spacial score (nSPS) is 8.62. The lowest BCUT2D eigenvalue weighted by Gasteiger charge is -1.95. The third-order valence-corrected chi connectivity index (χ3v) is 1.20. The van der Waals surface area contributed by atoms with Crippen LogP contribution >= 0.6 is 0 Å². The van der Waals surface area contributed by atoms with Crippen molar-refractivity contribution in [3.63, 3.8) is 0 Å². The summed E-state index contributed by atoms with van der Waals surface area (Å²) in [5.74, 6) is 0. The molecule has 0 spiro atoms. The van der Waals surface area contributed by atoms with Gasteiger partial charge in [0.1, 0.15) is 0 Å². The molecule has 0 aliphatic carbocycles. The van der Waals surface area contributed by atoms with E-state index in [0.717, 1.165) is 19.3 Å². The van der Waals surface area contributed by atoms with Gasteiger partial charge in [0.25, 0.3) is 0 Å². The Morgan fingerprint density at radius 3 is 2.62 bits per heavy atom. The molecule has 0 aliphatic rings. The number of hydrogen-bond acceptors (Lipinski definition) is 0. The van der Waals surface area contributed by atoms with Gasteiger partial charge in [-0.1, -0.05) is 25.2 Å². The highest BCUT2D eigenvalue weighted by Crippen LogP contribution is 2.05. The minimum absolute atomic E-state index is 1.08. The minimum atomic E-state index is 1.08. The molecule has 0 rings (SSSR count). The molecule has 0 radical (unpaired) electrons. The maximum atomic E-state index is 3.86. The lowest BCUT2D eigenvalue weighted by atomic mass is 10.1. The van der Waals surface area contributed by atoms with E-state index in [1.54, 1.807) is 0 Å². The second-order valence-electron chi connectivity index (χ2n) is 1.93. The van der Waals surface area contributed by atoms with Crippen LogP contribution in [0.25, 0.3) is 0 Å². The molecule has 0 aromatic carbocycles. The van der Waals surface area contributed by atoms with Crippen molar-refractivity contribution < 1.29 is 0 Å². The quantitative estimate of drug-likeness (QED) is 0.488. The third kappa shape index (κ3) is 3.66. The van der Waals surface area contributed by atoms with E-state index in [1.807, 2.05) is 6.08 Å². The van der Waals surface area contributed by atoms with Gasteiger partial charge < -0.3 is 0 Å². The second-order valence-corrected chi connectivity index (χ2v) is 1.93. The van der Waals surface area contributed by atoms with Crippen LogP contribution in [0.2, 0.25) is 0 Å². The Balaban J connectivity index is 3.11. The Labute approximate surface area is 51.9 Å². The van der Waals surface area contributed by atoms with Crippen LogP contribution in [0.1, 0.15) is 26.2 Å². The SMILES string of the molecule is C=CCCC(=C)CC. The van der Waals surface area contributed by atoms with Gasteiger partial charge in [-0.15, -0.1) is 6.58 Å². The van der Waals surface area contributed by atoms with E-state index >= 15 is 0 Å². The smallest absolute Gasteiger partial charge is 0.0288 e. The van der Waals surface area contributed by atoms with Crippen LogP contribution in [0, 0.1) is 0 Å². The van der Waals surface area contributed by atoms with Gasteiger partial charge in [0.15, 0.2) is 0 Å². The molecule has 0 amide bonds. The summed E-state index contributed by atoms with van der Waals surface area (Å²) in [6, 6.07) is 0. The van der Waals surface area contributed by atoms with Crippen molar-refractivity contribution in [2.24, 2.45) is 0 Å². The standard InChI is InChI=1S/C8H14/c1-4-6-7-8(3)5-2/h4H,1,3,5-7H2,2H3. The first-order valence-electron chi connectivity index (χ1n) is 3.08. The van der Waals surface area contributed by atoms with E-state index in [2.05, 4.69) is 20.1 Å². The number of hydrogen-bond donors (Lipinski definition) is 0. The summed E-state index contributed by atoms with van der Waals surface area (Å²) in [5, 5.41) is 0. The van der Waals surface area contributed by atoms with Crippen molar-refractivity contribution in [2.45, 2.75) is 26.2 Å². The van der Waals surface area contributed by atoms with E-state index in [1.165, 1.54) is 5.57 Å². The topological polar surface area (TPSA) is 0 Å². The van der Waals surface area contributed by atoms with Gasteiger partial charge in [0, 0.05) is 0 Å². The first-order chi connectivity index (χ1) is 3.81. The van der Waals surface area contributed by atoms with Gasteiger partial charge in [-0.2, -0.15) is 0 Å². The highest BCUT2D eigenvalue weighted by molar-refractivity contribution is 4.93. The molecule has 0 N–H and O–H groups in total. The van der Waals surface area contributed by atoms with Crippen LogP contribution < -0.4 is 0 Å². The van der Waals surface area contributed by atoms with E-state index < -0.39 is 0 Å². The molecule has 0 bridgehead atoms. The molecule has 8 heavy (non-hydrogen) atoms. The number of allylic oxidation sites excluding steroid dienone is 2. The van der Waals surface area contributed by atoms with Crippen LogP contribution in [0.3, 0.4) is 0 Å². The summed E-state index contributed by atoms with van der Waals surface area (Å²) >= 11 is 0. The Bertz CT molecular complexity index is 80.0. The fourth-order valence-electron chi connectivity index (χ4n) is 0.483. The Morgan fingerprint density at radius 2 is 2.25 bits per heavy atom. The van der Waals surface area contributed by atoms with Crippen LogP contribution in [0.4, 0.5) is 0 Å². The van der Waals surface area contributed by atoms with Crippen LogP contribution in [-0.2, 0) is 0 Å². The Kier molecular flexibility index (Phi) is 4.33. The predicted molar refractivity (Wildman–Crippen MR) is 38.9 cm³/mol. The van der Waals surface area contributed by atoms with Crippen LogP contribution in [0.5, 0.6) is 0 Å². The summed E-state index contributed by atoms with van der Waals surface area (Å²) in [6.07, 6.45) is 5.22. The van der Waals surface area contributed by atoms with Crippen LogP contribution in [0.15, 0.2) is 24.8 Å². The van der Waals surface area contributed by atoms with Crippen molar-refractivity contribution in [1.29, 1.82) is 0 Å². The van der Waals surface area contributed by atoms with Gasteiger partial charge >= 0.3 is 0 Å². The van der Waals surface area contributed by atoms with Gasteiger partial charge in [-0.05, 0) is 19.3 Å². The Morgan fingerprint density at radius 1 is 1.62 bits per heavy atom. The summed E-state index contributed by atoms with van der Waals surface area (Å²) in [7, 11) is 0. The Hall–Kier alpha value is -0.520. The average Bonchev–Trinajstić information content (AvgIpc) is 1.83.